The number of nitrogens with zero attached hydrogens (tertiary/aromatic N) is 2. The SMILES string of the molecule is CC(=O)c1ccc(N2CCN(C(C)C)C2=O)cc1. The van der Waals surface area contributed by atoms with Crippen LogP contribution in [0.15, 0.2) is 24.3 Å². The van der Waals surface area contributed by atoms with E-state index in [1.54, 1.807) is 17.0 Å². The predicted molar refractivity (Wildman–Crippen MR) is 71.0 cm³/mol. The Morgan fingerprint density at radius 3 is 2.22 bits per heavy atom. The molecule has 0 saturated carbocycles. The van der Waals surface area contributed by atoms with Crippen LogP contribution in [0.3, 0.4) is 0 Å². The van der Waals surface area contributed by atoms with E-state index in [-0.39, 0.29) is 17.9 Å². The highest BCUT2D eigenvalue weighted by Crippen LogP contribution is 2.22. The van der Waals surface area contributed by atoms with Gasteiger partial charge in [0.15, 0.2) is 5.78 Å². The van der Waals surface area contributed by atoms with Gasteiger partial charge >= 0.3 is 6.03 Å². The number of benzene rings is 1. The van der Waals surface area contributed by atoms with Crippen molar-refractivity contribution >= 4 is 17.5 Å². The number of hydrogen-bond acceptors (Lipinski definition) is 2. The first-order valence-corrected chi connectivity index (χ1v) is 6.20. The second kappa shape index (κ2) is 4.80. The molecule has 2 rings (SSSR count). The molecule has 1 aromatic rings. The minimum atomic E-state index is 0.0399. The maximum atomic E-state index is 12.2. The van der Waals surface area contributed by atoms with Gasteiger partial charge in [-0.3, -0.25) is 9.69 Å². The van der Waals surface area contributed by atoms with Crippen LogP contribution in [-0.2, 0) is 0 Å². The van der Waals surface area contributed by atoms with E-state index in [9.17, 15) is 9.59 Å². The summed E-state index contributed by atoms with van der Waals surface area (Å²) in [5.74, 6) is 0.0399. The molecule has 4 heteroatoms. The Labute approximate surface area is 107 Å². The van der Waals surface area contributed by atoms with Gasteiger partial charge in [0, 0.05) is 30.4 Å². The van der Waals surface area contributed by atoms with Crippen LogP contribution in [0, 0.1) is 0 Å². The number of ketones is 1. The Hall–Kier alpha value is -1.84. The number of rotatable bonds is 3. The Morgan fingerprint density at radius 2 is 1.78 bits per heavy atom. The second-order valence-corrected chi connectivity index (χ2v) is 4.82. The van der Waals surface area contributed by atoms with Crippen molar-refractivity contribution in [3.8, 4) is 0 Å². The highest BCUT2D eigenvalue weighted by molar-refractivity contribution is 5.97. The molecule has 0 aliphatic carbocycles. The fraction of sp³-hybridized carbons (Fsp3) is 0.429. The standard InChI is InChI=1S/C14H18N2O2/c1-10(2)15-8-9-16(14(15)18)13-6-4-12(5-7-13)11(3)17/h4-7,10H,8-9H2,1-3H3. The first-order chi connectivity index (χ1) is 8.50. The van der Waals surface area contributed by atoms with Gasteiger partial charge in [-0.1, -0.05) is 0 Å². The van der Waals surface area contributed by atoms with Crippen LogP contribution in [0.25, 0.3) is 0 Å². The van der Waals surface area contributed by atoms with E-state index < -0.39 is 0 Å². The highest BCUT2D eigenvalue weighted by Gasteiger charge is 2.30. The van der Waals surface area contributed by atoms with Gasteiger partial charge in [-0.25, -0.2) is 4.79 Å². The van der Waals surface area contributed by atoms with Crippen LogP contribution in [0.1, 0.15) is 31.1 Å². The van der Waals surface area contributed by atoms with Gasteiger partial charge in [0.25, 0.3) is 0 Å². The zero-order chi connectivity index (χ0) is 13.3. The van der Waals surface area contributed by atoms with Gasteiger partial charge in [0.1, 0.15) is 0 Å². The average Bonchev–Trinajstić information content (AvgIpc) is 2.71. The molecule has 0 N–H and O–H groups in total. The monoisotopic (exact) mass is 246 g/mol. The number of hydrogen-bond donors (Lipinski definition) is 0. The molecule has 1 aromatic carbocycles. The van der Waals surface area contributed by atoms with Gasteiger partial charge in [0.05, 0.1) is 0 Å². The smallest absolute Gasteiger partial charge is 0.320 e. The summed E-state index contributed by atoms with van der Waals surface area (Å²) in [7, 11) is 0. The van der Waals surface area contributed by atoms with E-state index >= 15 is 0 Å². The molecule has 1 aliphatic heterocycles. The fourth-order valence-electron chi connectivity index (χ4n) is 2.15. The predicted octanol–water partition coefficient (Wildman–Crippen LogP) is 2.54. The molecule has 1 fully saturated rings. The molecule has 0 atom stereocenters. The van der Waals surface area contributed by atoms with E-state index in [2.05, 4.69) is 0 Å². The third-order valence-corrected chi connectivity index (χ3v) is 3.25. The number of urea groups is 1. The molecule has 1 saturated heterocycles. The molecule has 2 amide bonds. The molecule has 0 unspecified atom stereocenters. The zero-order valence-electron chi connectivity index (χ0n) is 11.0. The normalized spacial score (nSPS) is 15.7. The van der Waals surface area contributed by atoms with Crippen LogP contribution in [-0.4, -0.2) is 35.8 Å². The summed E-state index contributed by atoms with van der Waals surface area (Å²) in [6.07, 6.45) is 0. The zero-order valence-corrected chi connectivity index (χ0v) is 11.0. The largest absolute Gasteiger partial charge is 0.324 e. The summed E-state index contributed by atoms with van der Waals surface area (Å²) in [6, 6.07) is 7.46. The minimum absolute atomic E-state index is 0.0399. The lowest BCUT2D eigenvalue weighted by atomic mass is 10.1. The van der Waals surface area contributed by atoms with Crippen molar-refractivity contribution in [2.45, 2.75) is 26.8 Å². The summed E-state index contributed by atoms with van der Waals surface area (Å²) < 4.78 is 0. The van der Waals surface area contributed by atoms with Crippen molar-refractivity contribution in [3.05, 3.63) is 29.8 Å². The quantitative estimate of drug-likeness (QED) is 0.769. The van der Waals surface area contributed by atoms with Crippen LogP contribution in [0.5, 0.6) is 0 Å². The summed E-state index contributed by atoms with van der Waals surface area (Å²) >= 11 is 0. The lowest BCUT2D eigenvalue weighted by Crippen LogP contribution is -2.36. The van der Waals surface area contributed by atoms with Gasteiger partial charge in [-0.05, 0) is 45.0 Å². The average molecular weight is 246 g/mol. The topological polar surface area (TPSA) is 40.6 Å². The second-order valence-electron chi connectivity index (χ2n) is 4.82. The molecule has 0 radical (unpaired) electrons. The molecular formula is C14H18N2O2. The third kappa shape index (κ3) is 2.23. The minimum Gasteiger partial charge on any atom is -0.320 e. The highest BCUT2D eigenvalue weighted by atomic mass is 16.2. The maximum absolute atomic E-state index is 12.2. The lowest BCUT2D eigenvalue weighted by molar-refractivity contribution is 0.101. The molecule has 18 heavy (non-hydrogen) atoms. The van der Waals surface area contributed by atoms with E-state index in [0.29, 0.717) is 12.1 Å². The van der Waals surface area contributed by atoms with Crippen molar-refractivity contribution in [2.24, 2.45) is 0 Å². The van der Waals surface area contributed by atoms with Gasteiger partial charge in [0.2, 0.25) is 0 Å². The summed E-state index contributed by atoms with van der Waals surface area (Å²) in [5, 5.41) is 0. The van der Waals surface area contributed by atoms with Gasteiger partial charge in [-0.2, -0.15) is 0 Å². The fourth-order valence-corrected chi connectivity index (χ4v) is 2.15. The number of amides is 2. The molecule has 0 bridgehead atoms. The Kier molecular flexibility index (Phi) is 3.36. The molecule has 0 spiro atoms. The van der Waals surface area contributed by atoms with Crippen LogP contribution in [0.4, 0.5) is 10.5 Å². The number of anilines is 1. The molecule has 1 heterocycles. The summed E-state index contributed by atoms with van der Waals surface area (Å²) in [6.45, 7) is 7.03. The third-order valence-electron chi connectivity index (χ3n) is 3.25. The van der Waals surface area contributed by atoms with Crippen molar-refractivity contribution in [3.63, 3.8) is 0 Å². The van der Waals surface area contributed by atoms with E-state index in [1.165, 1.54) is 6.92 Å². The Morgan fingerprint density at radius 1 is 1.17 bits per heavy atom. The van der Waals surface area contributed by atoms with Gasteiger partial charge < -0.3 is 4.90 Å². The first kappa shape index (κ1) is 12.6. The molecule has 1 aliphatic rings. The van der Waals surface area contributed by atoms with E-state index in [4.69, 9.17) is 0 Å². The Bertz CT molecular complexity index is 465. The van der Waals surface area contributed by atoms with Crippen molar-refractivity contribution in [2.75, 3.05) is 18.0 Å². The molecule has 4 nitrogen and oxygen atoms in total. The Balaban J connectivity index is 2.18. The summed E-state index contributed by atoms with van der Waals surface area (Å²) in [5.41, 5.74) is 1.53. The maximum Gasteiger partial charge on any atom is 0.324 e. The lowest BCUT2D eigenvalue weighted by Gasteiger charge is -2.21. The first-order valence-electron chi connectivity index (χ1n) is 6.20. The van der Waals surface area contributed by atoms with Crippen molar-refractivity contribution in [1.82, 2.24) is 4.90 Å². The number of Topliss-reactive ketones (excluding diaryl/α,β-unsaturated/α-hetero) is 1. The number of carbonyl (C=O) groups is 2. The van der Waals surface area contributed by atoms with Crippen LogP contribution in [0.2, 0.25) is 0 Å². The van der Waals surface area contributed by atoms with Crippen molar-refractivity contribution < 1.29 is 9.59 Å². The molecular weight excluding hydrogens is 228 g/mol. The van der Waals surface area contributed by atoms with Crippen molar-refractivity contribution in [1.29, 1.82) is 0 Å². The molecule has 0 aromatic heterocycles. The van der Waals surface area contributed by atoms with E-state index in [0.717, 1.165) is 12.2 Å². The molecule has 96 valence electrons. The van der Waals surface area contributed by atoms with Crippen LogP contribution < -0.4 is 4.90 Å². The summed E-state index contributed by atoms with van der Waals surface area (Å²) in [4.78, 5) is 26.9. The van der Waals surface area contributed by atoms with E-state index in [1.807, 2.05) is 30.9 Å². The van der Waals surface area contributed by atoms with Gasteiger partial charge in [-0.15, -0.1) is 0 Å². The number of carbonyl (C=O) groups excluding carboxylic acids is 2. The van der Waals surface area contributed by atoms with Crippen LogP contribution >= 0.6 is 0 Å².